The van der Waals surface area contributed by atoms with Gasteiger partial charge in [0.1, 0.15) is 11.6 Å². The average Bonchev–Trinajstić information content (AvgIpc) is 3.09. The fourth-order valence-corrected chi connectivity index (χ4v) is 5.84. The summed E-state index contributed by atoms with van der Waals surface area (Å²) in [5, 5.41) is 11.7. The third-order valence-corrected chi connectivity index (χ3v) is 7.34. The van der Waals surface area contributed by atoms with Crippen molar-refractivity contribution in [1.29, 1.82) is 0 Å². The van der Waals surface area contributed by atoms with Crippen LogP contribution >= 0.6 is 0 Å². The van der Waals surface area contributed by atoms with Crippen molar-refractivity contribution in [2.24, 2.45) is 7.05 Å². The lowest BCUT2D eigenvalue weighted by molar-refractivity contribution is -0.140. The van der Waals surface area contributed by atoms with Gasteiger partial charge in [0, 0.05) is 62.2 Å². The maximum absolute atomic E-state index is 13.9. The van der Waals surface area contributed by atoms with Crippen LogP contribution in [0.5, 0.6) is 5.75 Å². The number of nitrogens with zero attached hydrogens (tertiary/aromatic N) is 3. The number of aromatic nitrogens is 1. The SMILES string of the molecule is CCC(=O)N1CC2(C1)CN(Cc1cccc(F)c1)[C@H](CO)c1c2c2ccc(OC)cc2n1C. The number of benzene rings is 2. The number of aryl methyl sites for hydroxylation is 1. The lowest BCUT2D eigenvalue weighted by Crippen LogP contribution is -2.67. The second-order valence-corrected chi connectivity index (χ2v) is 9.32. The summed E-state index contributed by atoms with van der Waals surface area (Å²) in [5.74, 6) is 0.675. The van der Waals surface area contributed by atoms with Crippen molar-refractivity contribution in [3.05, 3.63) is 65.1 Å². The third-order valence-electron chi connectivity index (χ3n) is 7.34. The normalized spacial score (nSPS) is 19.5. The summed E-state index contributed by atoms with van der Waals surface area (Å²) in [7, 11) is 3.68. The minimum Gasteiger partial charge on any atom is -0.497 e. The van der Waals surface area contributed by atoms with E-state index >= 15 is 0 Å². The molecule has 2 aromatic carbocycles. The molecule has 0 unspecified atom stereocenters. The first kappa shape index (κ1) is 21.9. The van der Waals surface area contributed by atoms with Gasteiger partial charge in [-0.05, 0) is 35.4 Å². The first-order valence-corrected chi connectivity index (χ1v) is 11.4. The highest BCUT2D eigenvalue weighted by Crippen LogP contribution is 2.50. The Kier molecular flexibility index (Phi) is 5.41. The van der Waals surface area contributed by atoms with Crippen LogP contribution in [0.1, 0.15) is 36.2 Å². The van der Waals surface area contributed by atoms with Crippen molar-refractivity contribution < 1.29 is 19.0 Å². The number of hydrogen-bond acceptors (Lipinski definition) is 4. The van der Waals surface area contributed by atoms with Gasteiger partial charge in [0.15, 0.2) is 0 Å². The summed E-state index contributed by atoms with van der Waals surface area (Å²) < 4.78 is 21.5. The summed E-state index contributed by atoms with van der Waals surface area (Å²) >= 11 is 0. The predicted molar refractivity (Wildman–Crippen MR) is 125 cm³/mol. The van der Waals surface area contributed by atoms with Gasteiger partial charge in [0.05, 0.1) is 25.3 Å². The number of methoxy groups -OCH3 is 1. The Morgan fingerprint density at radius 2 is 2.00 bits per heavy atom. The molecule has 0 radical (unpaired) electrons. The van der Waals surface area contributed by atoms with Crippen LogP contribution in [0.3, 0.4) is 0 Å². The fraction of sp³-hybridized carbons (Fsp3) is 0.423. The number of likely N-dealkylation sites (tertiary alicyclic amines) is 1. The number of ether oxygens (including phenoxy) is 1. The van der Waals surface area contributed by atoms with Gasteiger partial charge in [-0.1, -0.05) is 19.1 Å². The average molecular weight is 452 g/mol. The van der Waals surface area contributed by atoms with Crippen LogP contribution in [0.4, 0.5) is 4.39 Å². The highest BCUT2D eigenvalue weighted by molar-refractivity contribution is 5.89. The van der Waals surface area contributed by atoms with Gasteiger partial charge < -0.3 is 19.3 Å². The fourth-order valence-electron chi connectivity index (χ4n) is 5.84. The van der Waals surface area contributed by atoms with E-state index in [2.05, 4.69) is 15.5 Å². The van der Waals surface area contributed by atoms with Gasteiger partial charge >= 0.3 is 0 Å². The molecular weight excluding hydrogens is 421 g/mol. The molecule has 33 heavy (non-hydrogen) atoms. The Labute approximate surface area is 193 Å². The molecule has 1 spiro atoms. The standard InChI is InChI=1S/C26H30FN3O3/c1-4-23(32)30-15-26(16-30)14-29(12-17-6-5-7-18(27)10-17)22(13-31)25-24(26)20-9-8-19(33-3)11-21(20)28(25)2/h5-11,22,31H,4,12-16H2,1-3H3/t22-/m1/s1. The van der Waals surface area contributed by atoms with Crippen molar-refractivity contribution in [3.8, 4) is 5.75 Å². The van der Waals surface area contributed by atoms with Crippen LogP contribution in [0.25, 0.3) is 10.9 Å². The van der Waals surface area contributed by atoms with Crippen LogP contribution < -0.4 is 4.74 Å². The van der Waals surface area contributed by atoms with Crippen molar-refractivity contribution in [2.45, 2.75) is 31.3 Å². The molecule has 7 heteroatoms. The number of rotatable bonds is 5. The van der Waals surface area contributed by atoms with Crippen molar-refractivity contribution >= 4 is 16.8 Å². The Hall–Kier alpha value is -2.90. The summed E-state index contributed by atoms with van der Waals surface area (Å²) in [4.78, 5) is 16.6. The molecule has 1 saturated heterocycles. The molecule has 2 aliphatic rings. The Balaban J connectivity index is 1.64. The lowest BCUT2D eigenvalue weighted by atomic mass is 9.68. The van der Waals surface area contributed by atoms with E-state index in [0.717, 1.165) is 27.9 Å². The maximum atomic E-state index is 13.9. The molecule has 1 amide bonds. The van der Waals surface area contributed by atoms with E-state index in [9.17, 15) is 14.3 Å². The monoisotopic (exact) mass is 451 g/mol. The topological polar surface area (TPSA) is 57.9 Å². The number of carbonyl (C=O) groups is 1. The summed E-state index contributed by atoms with van der Waals surface area (Å²) in [6.45, 7) is 4.36. The number of hydrogen-bond donors (Lipinski definition) is 1. The number of aliphatic hydroxyl groups is 1. The smallest absolute Gasteiger partial charge is 0.222 e. The van der Waals surface area contributed by atoms with E-state index in [0.29, 0.717) is 32.6 Å². The number of amides is 1. The zero-order valence-corrected chi connectivity index (χ0v) is 19.3. The van der Waals surface area contributed by atoms with E-state index in [1.165, 1.54) is 11.6 Å². The molecule has 2 aliphatic heterocycles. The van der Waals surface area contributed by atoms with Gasteiger partial charge in [-0.2, -0.15) is 0 Å². The first-order chi connectivity index (χ1) is 15.9. The van der Waals surface area contributed by atoms with Crippen molar-refractivity contribution in [1.82, 2.24) is 14.4 Å². The number of fused-ring (bicyclic) bond motifs is 4. The van der Waals surface area contributed by atoms with Crippen molar-refractivity contribution in [2.75, 3.05) is 33.4 Å². The van der Waals surface area contributed by atoms with Crippen LogP contribution in [0.15, 0.2) is 42.5 Å². The van der Waals surface area contributed by atoms with E-state index in [-0.39, 0.29) is 29.8 Å². The molecule has 5 rings (SSSR count). The van der Waals surface area contributed by atoms with Crippen LogP contribution in [-0.2, 0) is 23.8 Å². The zero-order chi connectivity index (χ0) is 23.3. The van der Waals surface area contributed by atoms with Gasteiger partial charge in [0.25, 0.3) is 0 Å². The Morgan fingerprint density at radius 3 is 2.67 bits per heavy atom. The van der Waals surface area contributed by atoms with E-state index < -0.39 is 0 Å². The summed E-state index contributed by atoms with van der Waals surface area (Å²) in [6, 6.07) is 12.5. The minimum atomic E-state index is -0.263. The predicted octanol–water partition coefficient (Wildman–Crippen LogP) is 3.37. The molecule has 3 aromatic rings. The molecule has 1 N–H and O–H groups in total. The molecule has 1 aromatic heterocycles. The largest absolute Gasteiger partial charge is 0.497 e. The molecule has 1 fully saturated rings. The molecule has 6 nitrogen and oxygen atoms in total. The van der Waals surface area contributed by atoms with Crippen LogP contribution in [-0.4, -0.2) is 58.7 Å². The third kappa shape index (κ3) is 3.42. The molecule has 1 atom stereocenters. The van der Waals surface area contributed by atoms with Crippen LogP contribution in [0.2, 0.25) is 0 Å². The van der Waals surface area contributed by atoms with Gasteiger partial charge in [-0.3, -0.25) is 9.69 Å². The Morgan fingerprint density at radius 1 is 1.21 bits per heavy atom. The summed E-state index contributed by atoms with van der Waals surface area (Å²) in [5.41, 5.74) is 3.97. The van der Waals surface area contributed by atoms with Gasteiger partial charge in [0.2, 0.25) is 5.91 Å². The van der Waals surface area contributed by atoms with Gasteiger partial charge in [-0.25, -0.2) is 4.39 Å². The first-order valence-electron chi connectivity index (χ1n) is 11.4. The zero-order valence-electron chi connectivity index (χ0n) is 19.3. The molecule has 0 aliphatic carbocycles. The molecular formula is C26H30FN3O3. The number of aliphatic hydroxyl groups excluding tert-OH is 1. The molecule has 0 saturated carbocycles. The van der Waals surface area contributed by atoms with Crippen molar-refractivity contribution in [3.63, 3.8) is 0 Å². The number of halogens is 1. The van der Waals surface area contributed by atoms with E-state index in [4.69, 9.17) is 4.74 Å². The molecule has 174 valence electrons. The second-order valence-electron chi connectivity index (χ2n) is 9.32. The van der Waals surface area contributed by atoms with Gasteiger partial charge in [-0.15, -0.1) is 0 Å². The highest BCUT2D eigenvalue weighted by Gasteiger charge is 2.54. The second kappa shape index (κ2) is 8.15. The quantitative estimate of drug-likeness (QED) is 0.646. The Bertz CT molecular complexity index is 1210. The maximum Gasteiger partial charge on any atom is 0.222 e. The lowest BCUT2D eigenvalue weighted by Gasteiger charge is -2.56. The molecule has 0 bridgehead atoms. The van der Waals surface area contributed by atoms with Crippen LogP contribution in [0, 0.1) is 5.82 Å². The minimum absolute atomic E-state index is 0.0443. The van der Waals surface area contributed by atoms with E-state index in [1.54, 1.807) is 19.2 Å². The van der Waals surface area contributed by atoms with E-state index in [1.807, 2.05) is 37.1 Å². The highest BCUT2D eigenvalue weighted by atomic mass is 19.1. The summed E-state index contributed by atoms with van der Waals surface area (Å²) in [6.07, 6.45) is 0.488. The molecule has 3 heterocycles. The number of carbonyl (C=O) groups excluding carboxylic acids is 1.